The summed E-state index contributed by atoms with van der Waals surface area (Å²) in [6.07, 6.45) is 5.57. The van der Waals surface area contributed by atoms with Gasteiger partial charge in [-0.25, -0.2) is 0 Å². The molecule has 0 amide bonds. The Balaban J connectivity index is 0.000000845. The molecule has 2 rings (SSSR count). The lowest BCUT2D eigenvalue weighted by Crippen LogP contribution is -2.42. The van der Waals surface area contributed by atoms with Crippen LogP contribution in [-0.2, 0) is 5.41 Å². The van der Waals surface area contributed by atoms with Crippen LogP contribution in [-0.4, -0.2) is 11.5 Å². The molecule has 1 heterocycles. The molecule has 2 nitrogen and oxygen atoms in total. The molecular formula is C10H16Cl2N2. The van der Waals surface area contributed by atoms with Crippen LogP contribution >= 0.6 is 24.8 Å². The van der Waals surface area contributed by atoms with Crippen LogP contribution in [0, 0.1) is 0 Å². The van der Waals surface area contributed by atoms with Gasteiger partial charge in [-0.15, -0.1) is 24.8 Å². The molecule has 0 aliphatic heterocycles. The normalized spacial score (nSPS) is 17.2. The molecule has 0 saturated heterocycles. The number of halogens is 2. The number of hydrogen-bond acceptors (Lipinski definition) is 2. The van der Waals surface area contributed by atoms with Crippen molar-refractivity contribution < 1.29 is 0 Å². The van der Waals surface area contributed by atoms with E-state index in [1.807, 2.05) is 18.3 Å². The summed E-state index contributed by atoms with van der Waals surface area (Å²) in [6, 6.07) is 6.08. The van der Waals surface area contributed by atoms with E-state index in [2.05, 4.69) is 11.1 Å². The van der Waals surface area contributed by atoms with Crippen molar-refractivity contribution in [2.24, 2.45) is 5.73 Å². The van der Waals surface area contributed by atoms with E-state index in [4.69, 9.17) is 5.73 Å². The summed E-state index contributed by atoms with van der Waals surface area (Å²) in [6.45, 7) is 0.740. The summed E-state index contributed by atoms with van der Waals surface area (Å²) in [7, 11) is 0. The van der Waals surface area contributed by atoms with Crippen LogP contribution in [0.4, 0.5) is 0 Å². The third kappa shape index (κ3) is 2.19. The van der Waals surface area contributed by atoms with Gasteiger partial charge in [-0.2, -0.15) is 0 Å². The van der Waals surface area contributed by atoms with Crippen LogP contribution in [0.3, 0.4) is 0 Å². The van der Waals surface area contributed by atoms with E-state index >= 15 is 0 Å². The number of hydrogen-bond donors (Lipinski definition) is 1. The number of aromatic nitrogens is 1. The van der Waals surface area contributed by atoms with Crippen LogP contribution in [0.5, 0.6) is 0 Å². The first-order valence-electron chi connectivity index (χ1n) is 4.49. The molecule has 0 atom stereocenters. The molecule has 0 spiro atoms. The maximum atomic E-state index is 5.76. The van der Waals surface area contributed by atoms with E-state index in [1.54, 1.807) is 0 Å². The molecule has 4 heteroatoms. The van der Waals surface area contributed by atoms with Gasteiger partial charge in [0.05, 0.1) is 0 Å². The fourth-order valence-electron chi connectivity index (χ4n) is 1.84. The maximum absolute atomic E-state index is 5.76. The quantitative estimate of drug-likeness (QED) is 0.854. The molecule has 80 valence electrons. The van der Waals surface area contributed by atoms with E-state index in [0.29, 0.717) is 0 Å². The van der Waals surface area contributed by atoms with Crippen LogP contribution in [0.2, 0.25) is 0 Å². The molecule has 1 aromatic rings. The van der Waals surface area contributed by atoms with Crippen molar-refractivity contribution in [2.75, 3.05) is 6.54 Å². The highest BCUT2D eigenvalue weighted by Gasteiger charge is 2.38. The topological polar surface area (TPSA) is 38.9 Å². The lowest BCUT2D eigenvalue weighted by Gasteiger charge is -2.40. The molecule has 0 unspecified atom stereocenters. The minimum absolute atomic E-state index is 0. The predicted molar refractivity (Wildman–Crippen MR) is 63.3 cm³/mol. The Kier molecular flexibility index (Phi) is 5.42. The monoisotopic (exact) mass is 234 g/mol. The smallest absolute Gasteiger partial charge is 0.0477 e. The highest BCUT2D eigenvalue weighted by atomic mass is 35.5. The molecule has 1 fully saturated rings. The van der Waals surface area contributed by atoms with E-state index in [0.717, 1.165) is 6.54 Å². The number of nitrogens with zero attached hydrogens (tertiary/aromatic N) is 1. The zero-order valence-electron chi connectivity index (χ0n) is 7.98. The first-order chi connectivity index (χ1) is 5.87. The molecule has 0 radical (unpaired) electrons. The van der Waals surface area contributed by atoms with Gasteiger partial charge in [-0.05, 0) is 25.0 Å². The summed E-state index contributed by atoms with van der Waals surface area (Å²) in [5.74, 6) is 0. The Hall–Kier alpha value is -0.310. The summed E-state index contributed by atoms with van der Waals surface area (Å²) in [5, 5.41) is 0. The Morgan fingerprint density at radius 2 is 2.00 bits per heavy atom. The fourth-order valence-corrected chi connectivity index (χ4v) is 1.84. The molecule has 1 aliphatic carbocycles. The molecule has 14 heavy (non-hydrogen) atoms. The average molecular weight is 235 g/mol. The molecule has 0 bridgehead atoms. The zero-order valence-corrected chi connectivity index (χ0v) is 9.61. The number of pyridine rings is 1. The predicted octanol–water partition coefficient (Wildman–Crippen LogP) is 2.31. The third-order valence-electron chi connectivity index (χ3n) is 2.91. The third-order valence-corrected chi connectivity index (χ3v) is 2.91. The molecule has 1 saturated carbocycles. The van der Waals surface area contributed by atoms with E-state index in [9.17, 15) is 0 Å². The molecule has 1 aromatic heterocycles. The molecular weight excluding hydrogens is 219 g/mol. The highest BCUT2D eigenvalue weighted by molar-refractivity contribution is 5.85. The standard InChI is InChI=1S/C10H14N2.2ClH/c11-8-10(5-3-6-10)9-4-1-2-7-12-9;;/h1-2,4,7H,3,5-6,8,11H2;2*1H. The van der Waals surface area contributed by atoms with Crippen molar-refractivity contribution in [3.63, 3.8) is 0 Å². The summed E-state index contributed by atoms with van der Waals surface area (Å²) in [5.41, 5.74) is 7.16. The van der Waals surface area contributed by atoms with Crippen molar-refractivity contribution in [2.45, 2.75) is 24.7 Å². The van der Waals surface area contributed by atoms with Gasteiger partial charge in [-0.1, -0.05) is 12.5 Å². The second-order valence-corrected chi connectivity index (χ2v) is 3.55. The van der Waals surface area contributed by atoms with E-state index in [-0.39, 0.29) is 30.2 Å². The number of rotatable bonds is 2. The molecule has 2 N–H and O–H groups in total. The Labute approximate surface area is 97.1 Å². The Morgan fingerprint density at radius 3 is 2.36 bits per heavy atom. The lowest BCUT2D eigenvalue weighted by atomic mass is 9.66. The van der Waals surface area contributed by atoms with Crippen molar-refractivity contribution >= 4 is 24.8 Å². The Bertz CT molecular complexity index is 255. The van der Waals surface area contributed by atoms with Crippen LogP contribution in [0.1, 0.15) is 25.0 Å². The minimum Gasteiger partial charge on any atom is -0.330 e. The average Bonchev–Trinajstić information content (AvgIpc) is 2.05. The van der Waals surface area contributed by atoms with Gasteiger partial charge in [0.25, 0.3) is 0 Å². The van der Waals surface area contributed by atoms with E-state index in [1.165, 1.54) is 25.0 Å². The van der Waals surface area contributed by atoms with Gasteiger partial charge in [-0.3, -0.25) is 4.98 Å². The minimum atomic E-state index is 0. The fraction of sp³-hybridized carbons (Fsp3) is 0.500. The van der Waals surface area contributed by atoms with Crippen LogP contribution < -0.4 is 5.73 Å². The van der Waals surface area contributed by atoms with Gasteiger partial charge < -0.3 is 5.73 Å². The summed E-state index contributed by atoms with van der Waals surface area (Å²) in [4.78, 5) is 4.36. The van der Waals surface area contributed by atoms with E-state index < -0.39 is 0 Å². The molecule has 0 aromatic carbocycles. The van der Waals surface area contributed by atoms with Gasteiger partial charge in [0.1, 0.15) is 0 Å². The highest BCUT2D eigenvalue weighted by Crippen LogP contribution is 2.41. The van der Waals surface area contributed by atoms with Gasteiger partial charge in [0.2, 0.25) is 0 Å². The zero-order chi connectivity index (χ0) is 8.44. The maximum Gasteiger partial charge on any atom is 0.0477 e. The van der Waals surface area contributed by atoms with Crippen molar-refractivity contribution in [3.05, 3.63) is 30.1 Å². The number of nitrogens with two attached hydrogens (primary N) is 1. The molecule has 1 aliphatic rings. The van der Waals surface area contributed by atoms with Crippen LogP contribution in [0.15, 0.2) is 24.4 Å². The van der Waals surface area contributed by atoms with Crippen molar-refractivity contribution in [1.82, 2.24) is 4.98 Å². The lowest BCUT2D eigenvalue weighted by molar-refractivity contribution is 0.246. The van der Waals surface area contributed by atoms with Crippen molar-refractivity contribution in [1.29, 1.82) is 0 Å². The first-order valence-corrected chi connectivity index (χ1v) is 4.49. The van der Waals surface area contributed by atoms with Gasteiger partial charge >= 0.3 is 0 Å². The summed E-state index contributed by atoms with van der Waals surface area (Å²) >= 11 is 0. The SMILES string of the molecule is Cl.Cl.NCC1(c2ccccn2)CCC1. The Morgan fingerprint density at radius 1 is 1.29 bits per heavy atom. The van der Waals surface area contributed by atoms with Gasteiger partial charge in [0, 0.05) is 23.9 Å². The first kappa shape index (κ1) is 13.7. The summed E-state index contributed by atoms with van der Waals surface area (Å²) < 4.78 is 0. The van der Waals surface area contributed by atoms with Crippen molar-refractivity contribution in [3.8, 4) is 0 Å². The second-order valence-electron chi connectivity index (χ2n) is 3.55. The van der Waals surface area contributed by atoms with Crippen LogP contribution in [0.25, 0.3) is 0 Å². The van der Waals surface area contributed by atoms with Gasteiger partial charge in [0.15, 0.2) is 0 Å². The largest absolute Gasteiger partial charge is 0.330 e. The second kappa shape index (κ2) is 5.54.